The van der Waals surface area contributed by atoms with E-state index in [1.807, 2.05) is 11.8 Å². The lowest BCUT2D eigenvalue weighted by atomic mass is 9.96. The van der Waals surface area contributed by atoms with Gasteiger partial charge in [-0.2, -0.15) is 0 Å². The SMILES string of the molecule is CCCCS(=O)(=O)N1CCC(C(=O)N2CCN(c3ccc(Cl)cc3[N+](=O)[O-])CC2)CC1. The minimum atomic E-state index is -3.23. The van der Waals surface area contributed by atoms with E-state index in [4.69, 9.17) is 11.6 Å². The number of unbranched alkanes of at least 4 members (excludes halogenated alkanes) is 1. The van der Waals surface area contributed by atoms with E-state index >= 15 is 0 Å². The molecule has 2 heterocycles. The van der Waals surface area contributed by atoms with E-state index in [0.29, 0.717) is 69.2 Å². The summed E-state index contributed by atoms with van der Waals surface area (Å²) in [5, 5.41) is 11.7. The average molecular weight is 473 g/mol. The number of nitro benzene ring substituents is 1. The summed E-state index contributed by atoms with van der Waals surface area (Å²) in [7, 11) is -3.23. The number of piperazine rings is 1. The zero-order valence-electron chi connectivity index (χ0n) is 17.7. The number of hydrogen-bond acceptors (Lipinski definition) is 6. The number of benzene rings is 1. The van der Waals surface area contributed by atoms with E-state index < -0.39 is 14.9 Å². The summed E-state index contributed by atoms with van der Waals surface area (Å²) in [4.78, 5) is 27.6. The van der Waals surface area contributed by atoms with Crippen molar-refractivity contribution in [3.63, 3.8) is 0 Å². The van der Waals surface area contributed by atoms with Gasteiger partial charge in [0.25, 0.3) is 5.69 Å². The van der Waals surface area contributed by atoms with Crippen molar-refractivity contribution in [2.24, 2.45) is 5.92 Å². The molecule has 1 amide bonds. The highest BCUT2D eigenvalue weighted by Gasteiger charge is 2.34. The van der Waals surface area contributed by atoms with Crippen molar-refractivity contribution < 1.29 is 18.1 Å². The fraction of sp³-hybridized carbons (Fsp3) is 0.650. The molecule has 2 fully saturated rings. The van der Waals surface area contributed by atoms with Gasteiger partial charge >= 0.3 is 0 Å². The van der Waals surface area contributed by atoms with Crippen molar-refractivity contribution in [2.45, 2.75) is 32.6 Å². The Morgan fingerprint density at radius 2 is 1.81 bits per heavy atom. The van der Waals surface area contributed by atoms with Gasteiger partial charge in [0.1, 0.15) is 5.69 Å². The van der Waals surface area contributed by atoms with Gasteiger partial charge in [-0.3, -0.25) is 14.9 Å². The molecule has 0 spiro atoms. The van der Waals surface area contributed by atoms with Crippen LogP contribution in [-0.2, 0) is 14.8 Å². The Morgan fingerprint density at radius 1 is 1.16 bits per heavy atom. The molecule has 0 radical (unpaired) electrons. The van der Waals surface area contributed by atoms with Crippen molar-refractivity contribution in [3.05, 3.63) is 33.3 Å². The molecule has 2 aliphatic rings. The number of piperidine rings is 1. The molecule has 1 aromatic rings. The van der Waals surface area contributed by atoms with Gasteiger partial charge in [0.05, 0.1) is 10.7 Å². The molecule has 0 bridgehead atoms. The second-order valence-electron chi connectivity index (χ2n) is 8.05. The quantitative estimate of drug-likeness (QED) is 0.446. The monoisotopic (exact) mass is 472 g/mol. The molecule has 2 aliphatic heterocycles. The Kier molecular flexibility index (Phi) is 7.77. The molecule has 0 aliphatic carbocycles. The number of carbonyl (C=O) groups excluding carboxylic acids is 1. The summed E-state index contributed by atoms with van der Waals surface area (Å²) in [5.74, 6) is 0.0471. The van der Waals surface area contributed by atoms with Crippen molar-refractivity contribution in [1.29, 1.82) is 0 Å². The lowest BCUT2D eigenvalue weighted by Gasteiger charge is -2.39. The Balaban J connectivity index is 1.54. The Labute approximate surface area is 188 Å². The maximum atomic E-state index is 13.0. The Bertz CT molecular complexity index is 910. The van der Waals surface area contributed by atoms with Crippen LogP contribution in [0.4, 0.5) is 11.4 Å². The molecule has 3 rings (SSSR count). The molecule has 2 saturated heterocycles. The zero-order valence-corrected chi connectivity index (χ0v) is 19.3. The highest BCUT2D eigenvalue weighted by molar-refractivity contribution is 7.89. The summed E-state index contributed by atoms with van der Waals surface area (Å²) in [6.45, 7) is 4.70. The molecule has 11 heteroatoms. The third-order valence-electron chi connectivity index (χ3n) is 6.02. The first kappa shape index (κ1) is 23.7. The van der Waals surface area contributed by atoms with E-state index in [-0.39, 0.29) is 23.3 Å². The fourth-order valence-electron chi connectivity index (χ4n) is 4.17. The first-order valence-electron chi connectivity index (χ1n) is 10.7. The van der Waals surface area contributed by atoms with Crippen LogP contribution in [0.1, 0.15) is 32.6 Å². The fourth-order valence-corrected chi connectivity index (χ4v) is 6.02. The maximum Gasteiger partial charge on any atom is 0.294 e. The van der Waals surface area contributed by atoms with Crippen LogP contribution in [0.3, 0.4) is 0 Å². The lowest BCUT2D eigenvalue weighted by Crippen LogP contribution is -2.52. The number of sulfonamides is 1. The molecule has 31 heavy (non-hydrogen) atoms. The van der Waals surface area contributed by atoms with Gasteiger partial charge in [0, 0.05) is 56.3 Å². The second-order valence-corrected chi connectivity index (χ2v) is 10.6. The van der Waals surface area contributed by atoms with Gasteiger partial charge < -0.3 is 9.80 Å². The maximum absolute atomic E-state index is 13.0. The Morgan fingerprint density at radius 3 is 2.39 bits per heavy atom. The molecule has 0 N–H and O–H groups in total. The predicted molar refractivity (Wildman–Crippen MR) is 120 cm³/mol. The number of hydrogen-bond donors (Lipinski definition) is 0. The zero-order chi connectivity index (χ0) is 22.6. The number of nitrogens with zero attached hydrogens (tertiary/aromatic N) is 4. The standard InChI is InChI=1S/C20H29ClN4O5S/c1-2-3-14-31(29,30)24-8-6-16(7-9-24)20(26)23-12-10-22(11-13-23)18-5-4-17(21)15-19(18)25(27)28/h4-5,15-16H,2-3,6-14H2,1H3. The van der Waals surface area contributed by atoms with Gasteiger partial charge in [-0.25, -0.2) is 12.7 Å². The van der Waals surface area contributed by atoms with Crippen LogP contribution >= 0.6 is 11.6 Å². The number of halogens is 1. The van der Waals surface area contributed by atoms with Crippen LogP contribution in [0.15, 0.2) is 18.2 Å². The molecule has 9 nitrogen and oxygen atoms in total. The number of carbonyl (C=O) groups is 1. The first-order chi connectivity index (χ1) is 14.7. The van der Waals surface area contributed by atoms with Crippen molar-refractivity contribution in [1.82, 2.24) is 9.21 Å². The van der Waals surface area contributed by atoms with Gasteiger partial charge in [0.15, 0.2) is 0 Å². The molecule has 0 aromatic heterocycles. The molecule has 0 saturated carbocycles. The van der Waals surface area contributed by atoms with Crippen molar-refractivity contribution in [3.8, 4) is 0 Å². The normalized spacial score (nSPS) is 18.9. The third kappa shape index (κ3) is 5.67. The van der Waals surface area contributed by atoms with Gasteiger partial charge in [-0.15, -0.1) is 0 Å². The summed E-state index contributed by atoms with van der Waals surface area (Å²) in [6, 6.07) is 4.62. The van der Waals surface area contributed by atoms with Crippen LogP contribution in [0.5, 0.6) is 0 Å². The Hall–Kier alpha value is -1.91. The van der Waals surface area contributed by atoms with Crippen LogP contribution in [0.2, 0.25) is 5.02 Å². The highest BCUT2D eigenvalue weighted by Crippen LogP contribution is 2.32. The van der Waals surface area contributed by atoms with Crippen LogP contribution in [0, 0.1) is 16.0 Å². The number of amides is 1. The van der Waals surface area contributed by atoms with Crippen LogP contribution in [0.25, 0.3) is 0 Å². The van der Waals surface area contributed by atoms with E-state index in [1.54, 1.807) is 17.0 Å². The van der Waals surface area contributed by atoms with Gasteiger partial charge in [-0.05, 0) is 31.4 Å². The van der Waals surface area contributed by atoms with Gasteiger partial charge in [-0.1, -0.05) is 24.9 Å². The average Bonchev–Trinajstić information content (AvgIpc) is 2.77. The minimum Gasteiger partial charge on any atom is -0.362 e. The van der Waals surface area contributed by atoms with E-state index in [9.17, 15) is 23.3 Å². The number of nitro groups is 1. The van der Waals surface area contributed by atoms with E-state index in [1.165, 1.54) is 10.4 Å². The second kappa shape index (κ2) is 10.1. The third-order valence-corrected chi connectivity index (χ3v) is 8.21. The molecular weight excluding hydrogens is 444 g/mol. The van der Waals surface area contributed by atoms with E-state index in [2.05, 4.69) is 0 Å². The topological polar surface area (TPSA) is 104 Å². The molecular formula is C20H29ClN4O5S. The van der Waals surface area contributed by atoms with Crippen molar-refractivity contribution in [2.75, 3.05) is 49.9 Å². The summed E-state index contributed by atoms with van der Waals surface area (Å²) in [5.41, 5.74) is 0.469. The molecule has 1 aromatic carbocycles. The smallest absolute Gasteiger partial charge is 0.294 e. The summed E-state index contributed by atoms with van der Waals surface area (Å²) >= 11 is 5.90. The molecule has 0 unspecified atom stereocenters. The van der Waals surface area contributed by atoms with E-state index in [0.717, 1.165) is 6.42 Å². The minimum absolute atomic E-state index is 0.0380. The predicted octanol–water partition coefficient (Wildman–Crippen LogP) is 2.74. The summed E-state index contributed by atoms with van der Waals surface area (Å²) < 4.78 is 26.2. The van der Waals surface area contributed by atoms with Crippen LogP contribution in [-0.4, -0.2) is 73.5 Å². The number of anilines is 1. The van der Waals surface area contributed by atoms with Crippen LogP contribution < -0.4 is 4.90 Å². The summed E-state index contributed by atoms with van der Waals surface area (Å²) in [6.07, 6.45) is 2.55. The molecule has 172 valence electrons. The largest absolute Gasteiger partial charge is 0.362 e. The first-order valence-corrected chi connectivity index (χ1v) is 12.7. The lowest BCUT2D eigenvalue weighted by molar-refractivity contribution is -0.384. The van der Waals surface area contributed by atoms with Crippen molar-refractivity contribution >= 4 is 38.9 Å². The highest BCUT2D eigenvalue weighted by atomic mass is 35.5. The molecule has 0 atom stereocenters. The number of rotatable bonds is 7. The van der Waals surface area contributed by atoms with Gasteiger partial charge in [0.2, 0.25) is 15.9 Å².